The number of rotatable bonds is 13. The molecule has 1 fully saturated rings. The monoisotopic (exact) mass is 707 g/mol. The minimum atomic E-state index is -4.26. The number of anilines is 1. The van der Waals surface area contributed by atoms with Crippen molar-refractivity contribution in [3.63, 3.8) is 0 Å². The zero-order valence-electron chi connectivity index (χ0n) is 26.9. The highest BCUT2D eigenvalue weighted by atomic mass is 35.5. The lowest BCUT2D eigenvalue weighted by molar-refractivity contribution is -0.140. The number of sulfonamides is 1. The SMILES string of the molecule is COc1ccc(S(=O)(=O)N(CC(=O)N(Cc2c(Cl)cccc2Cl)[C@@H](Cc2ccccc2)C(=O)NC2CCCC2)c2ccc(C)cc2)cc1. The number of carbonyl (C=O) groups excluding carboxylic acids is 2. The van der Waals surface area contributed by atoms with Crippen LogP contribution in [0.5, 0.6) is 5.75 Å². The summed E-state index contributed by atoms with van der Waals surface area (Å²) in [5.74, 6) is -0.417. The first kappa shape index (κ1) is 35.3. The third-order valence-corrected chi connectivity index (χ3v) is 11.1. The predicted molar refractivity (Wildman–Crippen MR) is 190 cm³/mol. The number of benzene rings is 4. The van der Waals surface area contributed by atoms with Gasteiger partial charge in [-0.05, 0) is 73.9 Å². The molecule has 48 heavy (non-hydrogen) atoms. The molecule has 252 valence electrons. The van der Waals surface area contributed by atoms with E-state index in [1.807, 2.05) is 37.3 Å². The van der Waals surface area contributed by atoms with Crippen LogP contribution in [0.1, 0.15) is 42.4 Å². The van der Waals surface area contributed by atoms with Crippen molar-refractivity contribution in [1.29, 1.82) is 0 Å². The van der Waals surface area contributed by atoms with Gasteiger partial charge in [0.15, 0.2) is 0 Å². The number of halogens is 2. The molecule has 1 saturated carbocycles. The van der Waals surface area contributed by atoms with Crippen molar-refractivity contribution in [1.82, 2.24) is 10.2 Å². The van der Waals surface area contributed by atoms with Gasteiger partial charge in [-0.3, -0.25) is 13.9 Å². The van der Waals surface area contributed by atoms with Crippen LogP contribution in [0.3, 0.4) is 0 Å². The van der Waals surface area contributed by atoms with E-state index in [0.717, 1.165) is 41.1 Å². The van der Waals surface area contributed by atoms with Crippen molar-refractivity contribution in [2.24, 2.45) is 0 Å². The number of carbonyl (C=O) groups is 2. The van der Waals surface area contributed by atoms with Gasteiger partial charge in [0.1, 0.15) is 18.3 Å². The van der Waals surface area contributed by atoms with Crippen LogP contribution in [0, 0.1) is 6.92 Å². The van der Waals surface area contributed by atoms with Gasteiger partial charge in [-0.25, -0.2) is 8.42 Å². The number of methoxy groups -OCH3 is 1. The number of hydrogen-bond donors (Lipinski definition) is 1. The third-order valence-electron chi connectivity index (χ3n) is 8.61. The Kier molecular flexibility index (Phi) is 11.7. The van der Waals surface area contributed by atoms with E-state index in [1.54, 1.807) is 54.6 Å². The van der Waals surface area contributed by atoms with Crippen LogP contribution in [0.25, 0.3) is 0 Å². The summed E-state index contributed by atoms with van der Waals surface area (Å²) < 4.78 is 34.8. The summed E-state index contributed by atoms with van der Waals surface area (Å²) in [5, 5.41) is 3.82. The van der Waals surface area contributed by atoms with Crippen molar-refractivity contribution in [2.45, 2.75) is 62.6 Å². The van der Waals surface area contributed by atoms with Crippen molar-refractivity contribution >= 4 is 50.7 Å². The maximum atomic E-state index is 14.7. The van der Waals surface area contributed by atoms with Gasteiger partial charge in [-0.15, -0.1) is 0 Å². The summed E-state index contributed by atoms with van der Waals surface area (Å²) in [7, 11) is -2.76. The molecule has 0 bridgehead atoms. The Bertz CT molecular complexity index is 1790. The van der Waals surface area contributed by atoms with Crippen molar-refractivity contribution in [2.75, 3.05) is 18.0 Å². The molecule has 1 N–H and O–H groups in total. The van der Waals surface area contributed by atoms with Crippen LogP contribution >= 0.6 is 23.2 Å². The number of aryl methyl sites for hydroxylation is 1. The van der Waals surface area contributed by atoms with E-state index in [4.69, 9.17) is 27.9 Å². The maximum absolute atomic E-state index is 14.7. The van der Waals surface area contributed by atoms with E-state index < -0.39 is 28.5 Å². The van der Waals surface area contributed by atoms with Crippen LogP contribution in [-0.2, 0) is 32.6 Å². The molecule has 0 unspecified atom stereocenters. The molecule has 4 aromatic carbocycles. The van der Waals surface area contributed by atoms with Crippen molar-refractivity contribution in [3.05, 3.63) is 124 Å². The Labute approximate surface area is 292 Å². The summed E-state index contributed by atoms with van der Waals surface area (Å²) in [5.41, 5.74) is 2.53. The smallest absolute Gasteiger partial charge is 0.264 e. The van der Waals surface area contributed by atoms with Crippen LogP contribution in [-0.4, -0.2) is 50.9 Å². The Balaban J connectivity index is 1.59. The highest BCUT2D eigenvalue weighted by Gasteiger charge is 2.36. The Morgan fingerprint density at radius 2 is 1.50 bits per heavy atom. The average Bonchev–Trinajstić information content (AvgIpc) is 3.60. The number of hydrogen-bond acceptors (Lipinski definition) is 5. The van der Waals surface area contributed by atoms with E-state index in [9.17, 15) is 18.0 Å². The van der Waals surface area contributed by atoms with Crippen molar-refractivity contribution < 1.29 is 22.7 Å². The van der Waals surface area contributed by atoms with E-state index in [1.165, 1.54) is 24.1 Å². The molecule has 1 aliphatic carbocycles. The number of nitrogens with one attached hydrogen (secondary N) is 1. The molecular weight excluding hydrogens is 669 g/mol. The standard InChI is InChI=1S/C37H39Cl2N3O5S/c1-26-15-17-29(18-16-26)42(48(45,46)31-21-19-30(47-2)20-22-31)25-36(43)41(24-32-33(38)13-8-14-34(32)39)35(23-27-9-4-3-5-10-27)37(44)40-28-11-6-7-12-28/h3-5,8-10,13-22,28,35H,6-7,11-12,23-25H2,1-2H3,(H,40,44)/t35-/m0/s1. The van der Waals surface area contributed by atoms with Gasteiger partial charge in [0.05, 0.1) is 17.7 Å². The molecular formula is C37H39Cl2N3O5S. The Hall–Kier alpha value is -4.05. The molecule has 2 amide bonds. The molecule has 0 radical (unpaired) electrons. The molecule has 8 nitrogen and oxygen atoms in total. The fraction of sp³-hybridized carbons (Fsp3) is 0.297. The molecule has 4 aromatic rings. The van der Waals surface area contributed by atoms with Crippen LogP contribution < -0.4 is 14.4 Å². The highest BCUT2D eigenvalue weighted by Crippen LogP contribution is 2.30. The summed E-state index contributed by atoms with van der Waals surface area (Å²) in [4.78, 5) is 30.3. The summed E-state index contributed by atoms with van der Waals surface area (Å²) >= 11 is 13.2. The first-order chi connectivity index (χ1) is 23.1. The highest BCUT2D eigenvalue weighted by molar-refractivity contribution is 7.92. The third kappa shape index (κ3) is 8.50. The predicted octanol–water partition coefficient (Wildman–Crippen LogP) is 7.20. The van der Waals surface area contributed by atoms with Gasteiger partial charge >= 0.3 is 0 Å². The molecule has 5 rings (SSSR count). The van der Waals surface area contributed by atoms with Gasteiger partial charge < -0.3 is 15.0 Å². The summed E-state index contributed by atoms with van der Waals surface area (Å²) in [6.45, 7) is 1.20. The average molecular weight is 709 g/mol. The van der Waals surface area contributed by atoms with Crippen LogP contribution in [0.4, 0.5) is 5.69 Å². The normalized spacial score (nSPS) is 13.9. The quantitative estimate of drug-likeness (QED) is 0.159. The molecule has 0 heterocycles. The minimum absolute atomic E-state index is 0.00358. The van der Waals surface area contributed by atoms with Gasteiger partial charge in [0, 0.05) is 34.6 Å². The van der Waals surface area contributed by atoms with Gasteiger partial charge in [0.25, 0.3) is 10.0 Å². The molecule has 1 aliphatic rings. The second-order valence-electron chi connectivity index (χ2n) is 11.9. The molecule has 0 aliphatic heterocycles. The van der Waals surface area contributed by atoms with Gasteiger partial charge in [-0.2, -0.15) is 0 Å². The lowest BCUT2D eigenvalue weighted by Crippen LogP contribution is -2.54. The first-order valence-corrected chi connectivity index (χ1v) is 18.1. The van der Waals surface area contributed by atoms with E-state index in [0.29, 0.717) is 27.0 Å². The zero-order valence-corrected chi connectivity index (χ0v) is 29.3. The van der Waals surface area contributed by atoms with Gasteiger partial charge in [-0.1, -0.05) is 90.1 Å². The Morgan fingerprint density at radius 1 is 0.875 bits per heavy atom. The second kappa shape index (κ2) is 15.9. The fourth-order valence-corrected chi connectivity index (χ4v) is 7.82. The lowest BCUT2D eigenvalue weighted by Gasteiger charge is -2.34. The molecule has 0 spiro atoms. The molecule has 0 saturated heterocycles. The second-order valence-corrected chi connectivity index (χ2v) is 14.6. The Morgan fingerprint density at radius 3 is 2.10 bits per heavy atom. The molecule has 11 heteroatoms. The van der Waals surface area contributed by atoms with E-state index in [2.05, 4.69) is 5.32 Å². The van der Waals surface area contributed by atoms with E-state index in [-0.39, 0.29) is 29.8 Å². The largest absolute Gasteiger partial charge is 0.497 e. The molecule has 0 aromatic heterocycles. The first-order valence-electron chi connectivity index (χ1n) is 15.9. The number of ether oxygens (including phenoxy) is 1. The van der Waals surface area contributed by atoms with Gasteiger partial charge in [0.2, 0.25) is 11.8 Å². The summed E-state index contributed by atoms with van der Waals surface area (Å²) in [6, 6.07) is 26.3. The minimum Gasteiger partial charge on any atom is -0.497 e. The zero-order chi connectivity index (χ0) is 34.3. The lowest BCUT2D eigenvalue weighted by atomic mass is 10.0. The topological polar surface area (TPSA) is 96.0 Å². The maximum Gasteiger partial charge on any atom is 0.264 e. The van der Waals surface area contributed by atoms with Crippen molar-refractivity contribution in [3.8, 4) is 5.75 Å². The molecule has 1 atom stereocenters. The fourth-order valence-electron chi connectivity index (χ4n) is 5.89. The summed E-state index contributed by atoms with van der Waals surface area (Å²) in [6.07, 6.45) is 3.94. The van der Waals surface area contributed by atoms with Crippen LogP contribution in [0.15, 0.2) is 102 Å². The number of amides is 2. The van der Waals surface area contributed by atoms with E-state index >= 15 is 0 Å². The number of nitrogens with zero attached hydrogens (tertiary/aromatic N) is 2. The van der Waals surface area contributed by atoms with Crippen LogP contribution in [0.2, 0.25) is 10.0 Å².